The number of aryl methyl sites for hydroxylation is 1. The van der Waals surface area contributed by atoms with Gasteiger partial charge in [0.25, 0.3) is 0 Å². The molecule has 0 aliphatic heterocycles. The number of phenolic OH excluding ortho intramolecular Hbond substituents is 1. The van der Waals surface area contributed by atoms with Crippen LogP contribution in [0.4, 0.5) is 0 Å². The molecular weight excluding hydrogens is 284 g/mol. The van der Waals surface area contributed by atoms with Gasteiger partial charge in [0.05, 0.1) is 0 Å². The van der Waals surface area contributed by atoms with Gasteiger partial charge in [0.1, 0.15) is 12.0 Å². The first-order chi connectivity index (χ1) is 11.2. The van der Waals surface area contributed by atoms with Gasteiger partial charge in [0.15, 0.2) is 0 Å². The number of carbonyl (C=O) groups is 1. The monoisotopic (exact) mass is 302 g/mol. The van der Waals surface area contributed by atoms with Gasteiger partial charge in [-0.2, -0.15) is 0 Å². The highest BCUT2D eigenvalue weighted by atomic mass is 16.3. The van der Waals surface area contributed by atoms with E-state index in [1.54, 1.807) is 12.1 Å². The fraction of sp³-hybridized carbons (Fsp3) is 0.0952. The molecule has 0 radical (unpaired) electrons. The van der Waals surface area contributed by atoms with Crippen molar-refractivity contribution >= 4 is 6.29 Å². The lowest BCUT2D eigenvalue weighted by molar-refractivity contribution is 0.112. The second kappa shape index (κ2) is 6.49. The highest BCUT2D eigenvalue weighted by Gasteiger charge is 2.10. The van der Waals surface area contributed by atoms with E-state index in [2.05, 4.69) is 12.1 Å². The number of hydrogen-bond donors (Lipinski definition) is 1. The fourth-order valence-electron chi connectivity index (χ4n) is 2.74. The van der Waals surface area contributed by atoms with Crippen molar-refractivity contribution in [2.24, 2.45) is 0 Å². The highest BCUT2D eigenvalue weighted by molar-refractivity contribution is 5.82. The van der Waals surface area contributed by atoms with Crippen LogP contribution in [0.5, 0.6) is 5.75 Å². The van der Waals surface area contributed by atoms with E-state index in [-0.39, 0.29) is 5.75 Å². The van der Waals surface area contributed by atoms with Crippen LogP contribution in [0.15, 0.2) is 66.7 Å². The molecule has 0 aromatic heterocycles. The molecule has 0 saturated carbocycles. The van der Waals surface area contributed by atoms with Crippen LogP contribution in [0.1, 0.15) is 27.0 Å². The molecule has 3 aromatic rings. The number of carbonyl (C=O) groups excluding carboxylic acids is 1. The molecule has 0 unspecified atom stereocenters. The Kier molecular flexibility index (Phi) is 4.24. The third-order valence-electron chi connectivity index (χ3n) is 4.00. The number of benzene rings is 3. The minimum atomic E-state index is 0.230. The minimum absolute atomic E-state index is 0.230. The van der Waals surface area contributed by atoms with Crippen molar-refractivity contribution in [3.63, 3.8) is 0 Å². The van der Waals surface area contributed by atoms with E-state index >= 15 is 0 Å². The average molecular weight is 302 g/mol. The normalized spacial score (nSPS) is 10.5. The third kappa shape index (κ3) is 3.32. The zero-order valence-electron chi connectivity index (χ0n) is 13.0. The largest absolute Gasteiger partial charge is 0.507 e. The molecule has 0 aliphatic rings. The van der Waals surface area contributed by atoms with Crippen molar-refractivity contribution in [3.05, 3.63) is 89.0 Å². The highest BCUT2D eigenvalue weighted by Crippen LogP contribution is 2.33. The number of aldehydes is 1. The zero-order chi connectivity index (χ0) is 16.2. The van der Waals surface area contributed by atoms with Gasteiger partial charge < -0.3 is 5.11 Å². The van der Waals surface area contributed by atoms with Gasteiger partial charge in [-0.05, 0) is 53.8 Å². The summed E-state index contributed by atoms with van der Waals surface area (Å²) >= 11 is 0. The molecule has 0 spiro atoms. The molecule has 0 atom stereocenters. The van der Waals surface area contributed by atoms with E-state index in [9.17, 15) is 9.90 Å². The second-order valence-electron chi connectivity index (χ2n) is 5.71. The third-order valence-corrected chi connectivity index (χ3v) is 4.00. The topological polar surface area (TPSA) is 37.3 Å². The first-order valence-corrected chi connectivity index (χ1v) is 7.59. The van der Waals surface area contributed by atoms with Crippen molar-refractivity contribution in [2.75, 3.05) is 0 Å². The molecule has 0 saturated heterocycles. The van der Waals surface area contributed by atoms with Crippen LogP contribution in [-0.2, 0) is 6.42 Å². The van der Waals surface area contributed by atoms with Crippen LogP contribution in [0.2, 0.25) is 0 Å². The molecule has 3 rings (SSSR count). The zero-order valence-corrected chi connectivity index (χ0v) is 13.0. The molecule has 0 heterocycles. The van der Waals surface area contributed by atoms with Gasteiger partial charge in [-0.3, -0.25) is 4.79 Å². The molecule has 114 valence electrons. The first kappa shape index (κ1) is 15.0. The predicted octanol–water partition coefficient (Wildman–Crippen LogP) is 4.77. The van der Waals surface area contributed by atoms with Crippen LogP contribution in [0.25, 0.3) is 11.1 Å². The van der Waals surface area contributed by atoms with E-state index in [0.29, 0.717) is 5.56 Å². The van der Waals surface area contributed by atoms with Crippen molar-refractivity contribution in [1.29, 1.82) is 0 Å². The Morgan fingerprint density at radius 1 is 0.870 bits per heavy atom. The van der Waals surface area contributed by atoms with Gasteiger partial charge >= 0.3 is 0 Å². The van der Waals surface area contributed by atoms with Gasteiger partial charge in [0, 0.05) is 11.1 Å². The number of hydrogen-bond acceptors (Lipinski definition) is 2. The van der Waals surface area contributed by atoms with Crippen molar-refractivity contribution in [3.8, 4) is 16.9 Å². The molecule has 2 heteroatoms. The summed E-state index contributed by atoms with van der Waals surface area (Å²) in [6.07, 6.45) is 1.63. The molecule has 3 aromatic carbocycles. The maximum absolute atomic E-state index is 11.0. The standard InChI is InChI=1S/C21H18O2/c1-15-7-8-18(14-22)13-19(15)20-12-17(9-10-21(20)23)11-16-5-3-2-4-6-16/h2-10,12-14,23H,11H2,1H3. The molecule has 0 aliphatic carbocycles. The van der Waals surface area contributed by atoms with E-state index in [1.807, 2.05) is 49.4 Å². The van der Waals surface area contributed by atoms with Gasteiger partial charge in [-0.15, -0.1) is 0 Å². The Morgan fingerprint density at radius 2 is 1.65 bits per heavy atom. The van der Waals surface area contributed by atoms with E-state index in [4.69, 9.17) is 0 Å². The Bertz CT molecular complexity index is 836. The number of aromatic hydroxyl groups is 1. The fourth-order valence-corrected chi connectivity index (χ4v) is 2.74. The summed E-state index contributed by atoms with van der Waals surface area (Å²) in [4.78, 5) is 11.0. The first-order valence-electron chi connectivity index (χ1n) is 7.59. The Hall–Kier alpha value is -2.87. The number of rotatable bonds is 4. The summed E-state index contributed by atoms with van der Waals surface area (Å²) < 4.78 is 0. The van der Waals surface area contributed by atoms with E-state index in [0.717, 1.165) is 35.0 Å². The van der Waals surface area contributed by atoms with E-state index in [1.165, 1.54) is 5.56 Å². The van der Waals surface area contributed by atoms with Gasteiger partial charge in [0.2, 0.25) is 0 Å². The summed E-state index contributed by atoms with van der Waals surface area (Å²) in [6, 6.07) is 21.4. The lowest BCUT2D eigenvalue weighted by Crippen LogP contribution is -1.92. The summed E-state index contributed by atoms with van der Waals surface area (Å²) in [5, 5.41) is 10.3. The molecule has 0 amide bonds. The van der Waals surface area contributed by atoms with Crippen LogP contribution >= 0.6 is 0 Å². The SMILES string of the molecule is Cc1ccc(C=O)cc1-c1cc(Cc2ccccc2)ccc1O. The van der Waals surface area contributed by atoms with Crippen LogP contribution in [-0.4, -0.2) is 11.4 Å². The maximum atomic E-state index is 11.0. The van der Waals surface area contributed by atoms with E-state index < -0.39 is 0 Å². The summed E-state index contributed by atoms with van der Waals surface area (Å²) in [6.45, 7) is 1.98. The Balaban J connectivity index is 2.03. The molecule has 0 bridgehead atoms. The minimum Gasteiger partial charge on any atom is -0.507 e. The smallest absolute Gasteiger partial charge is 0.150 e. The van der Waals surface area contributed by atoms with Crippen LogP contribution in [0.3, 0.4) is 0 Å². The van der Waals surface area contributed by atoms with Crippen LogP contribution < -0.4 is 0 Å². The lowest BCUT2D eigenvalue weighted by atomic mass is 9.94. The molecule has 1 N–H and O–H groups in total. The van der Waals surface area contributed by atoms with Gasteiger partial charge in [-0.1, -0.05) is 48.5 Å². The lowest BCUT2D eigenvalue weighted by Gasteiger charge is -2.11. The molecule has 0 fully saturated rings. The summed E-state index contributed by atoms with van der Waals surface area (Å²) in [5.41, 5.74) is 5.64. The average Bonchev–Trinajstić information content (AvgIpc) is 2.58. The molecular formula is C21H18O2. The Labute approximate surface area is 136 Å². The van der Waals surface area contributed by atoms with Crippen molar-refractivity contribution < 1.29 is 9.90 Å². The molecule has 2 nitrogen and oxygen atoms in total. The summed E-state index contributed by atoms with van der Waals surface area (Å²) in [7, 11) is 0. The maximum Gasteiger partial charge on any atom is 0.150 e. The second-order valence-corrected chi connectivity index (χ2v) is 5.71. The quantitative estimate of drug-likeness (QED) is 0.705. The predicted molar refractivity (Wildman–Crippen MR) is 92.9 cm³/mol. The van der Waals surface area contributed by atoms with Gasteiger partial charge in [-0.25, -0.2) is 0 Å². The summed E-state index contributed by atoms with van der Waals surface area (Å²) in [5.74, 6) is 0.230. The molecule has 23 heavy (non-hydrogen) atoms. The van der Waals surface area contributed by atoms with Crippen LogP contribution in [0, 0.1) is 6.92 Å². The van der Waals surface area contributed by atoms with Crippen molar-refractivity contribution in [2.45, 2.75) is 13.3 Å². The Morgan fingerprint density at radius 3 is 2.39 bits per heavy atom. The number of phenols is 1. The van der Waals surface area contributed by atoms with Crippen molar-refractivity contribution in [1.82, 2.24) is 0 Å².